The van der Waals surface area contributed by atoms with Gasteiger partial charge in [-0.15, -0.1) is 0 Å². The molecule has 0 unspecified atom stereocenters. The number of hydrogen-bond donors (Lipinski definition) is 0. The topological polar surface area (TPSA) is 45.8 Å². The first-order valence-electron chi connectivity index (χ1n) is 4.79. The van der Waals surface area contributed by atoms with Crippen LogP contribution in [0.15, 0.2) is 17.1 Å². The maximum Gasteiger partial charge on any atom is 0.270 e. The van der Waals surface area contributed by atoms with Gasteiger partial charge in [0.25, 0.3) is 5.56 Å². The summed E-state index contributed by atoms with van der Waals surface area (Å²) in [4.78, 5) is 11.8. The number of aromatic nitrogens is 1. The molecule has 0 aromatic carbocycles. The molecule has 0 N–H and O–H groups in total. The van der Waals surface area contributed by atoms with Crippen LogP contribution in [0, 0.1) is 17.2 Å². The molecule has 1 aromatic rings. The van der Waals surface area contributed by atoms with Crippen LogP contribution in [0.3, 0.4) is 0 Å². The molecular formula is C11H13ClN2O. The fraction of sp³-hybridized carbons (Fsp3) is 0.455. The molecule has 0 radical (unpaired) electrons. The lowest BCUT2D eigenvalue weighted by Crippen LogP contribution is -2.27. The molecule has 0 aliphatic rings. The molecule has 0 saturated heterocycles. The molecule has 0 aliphatic heterocycles. The van der Waals surface area contributed by atoms with Crippen molar-refractivity contribution in [3.05, 3.63) is 33.2 Å². The van der Waals surface area contributed by atoms with E-state index in [9.17, 15) is 4.79 Å². The summed E-state index contributed by atoms with van der Waals surface area (Å²) in [5.74, 6) is 0.329. The van der Waals surface area contributed by atoms with Crippen molar-refractivity contribution in [1.29, 1.82) is 5.26 Å². The fourth-order valence-corrected chi connectivity index (χ4v) is 1.45. The predicted octanol–water partition coefficient (Wildman–Crippen LogP) is 2.59. The van der Waals surface area contributed by atoms with Crippen LogP contribution in [0.4, 0.5) is 0 Å². The second-order valence-corrected chi connectivity index (χ2v) is 4.25. The first-order chi connectivity index (χ1) is 6.99. The van der Waals surface area contributed by atoms with Crippen LogP contribution in [0.2, 0.25) is 5.02 Å². The molecule has 4 heteroatoms. The van der Waals surface area contributed by atoms with Gasteiger partial charge >= 0.3 is 0 Å². The molecule has 1 atom stereocenters. The molecule has 1 heterocycles. The number of nitrogens with zero attached hydrogens (tertiary/aromatic N) is 2. The molecule has 1 rings (SSSR count). The van der Waals surface area contributed by atoms with Gasteiger partial charge in [-0.05, 0) is 18.9 Å². The highest BCUT2D eigenvalue weighted by Gasteiger charge is 2.14. The minimum Gasteiger partial charge on any atom is -0.311 e. The number of hydrogen-bond acceptors (Lipinski definition) is 2. The van der Waals surface area contributed by atoms with Crippen LogP contribution in [0.5, 0.6) is 0 Å². The summed E-state index contributed by atoms with van der Waals surface area (Å²) in [6.45, 7) is 6.00. The van der Waals surface area contributed by atoms with E-state index in [-0.39, 0.29) is 22.2 Å². The first-order valence-corrected chi connectivity index (χ1v) is 5.17. The van der Waals surface area contributed by atoms with Gasteiger partial charge in [0.05, 0.1) is 5.02 Å². The van der Waals surface area contributed by atoms with Crippen molar-refractivity contribution in [2.45, 2.75) is 26.8 Å². The molecule has 80 valence electrons. The Kier molecular flexibility index (Phi) is 3.54. The number of rotatable bonds is 2. The highest BCUT2D eigenvalue weighted by Crippen LogP contribution is 2.17. The van der Waals surface area contributed by atoms with Crippen molar-refractivity contribution in [3.63, 3.8) is 0 Å². The van der Waals surface area contributed by atoms with Gasteiger partial charge < -0.3 is 4.57 Å². The third-order valence-electron chi connectivity index (χ3n) is 2.58. The van der Waals surface area contributed by atoms with Crippen LogP contribution in [-0.4, -0.2) is 4.57 Å². The Morgan fingerprint density at radius 2 is 2.07 bits per heavy atom. The summed E-state index contributed by atoms with van der Waals surface area (Å²) in [6.07, 6.45) is 1.64. The Morgan fingerprint density at radius 1 is 1.47 bits per heavy atom. The lowest BCUT2D eigenvalue weighted by atomic mass is 10.1. The summed E-state index contributed by atoms with van der Waals surface area (Å²) in [7, 11) is 0. The van der Waals surface area contributed by atoms with Gasteiger partial charge in [0.1, 0.15) is 11.6 Å². The van der Waals surface area contributed by atoms with E-state index in [4.69, 9.17) is 16.9 Å². The van der Waals surface area contributed by atoms with E-state index < -0.39 is 0 Å². The fourth-order valence-electron chi connectivity index (χ4n) is 1.27. The van der Waals surface area contributed by atoms with Gasteiger partial charge in [-0.2, -0.15) is 5.26 Å². The summed E-state index contributed by atoms with van der Waals surface area (Å²) in [6, 6.07) is 3.47. The molecule has 1 aromatic heterocycles. The maximum atomic E-state index is 11.8. The van der Waals surface area contributed by atoms with Crippen molar-refractivity contribution in [2.75, 3.05) is 0 Å². The molecule has 0 saturated carbocycles. The Hall–Kier alpha value is -1.27. The van der Waals surface area contributed by atoms with Gasteiger partial charge in [0.2, 0.25) is 0 Å². The minimum atomic E-state index is -0.314. The van der Waals surface area contributed by atoms with Crippen molar-refractivity contribution in [2.24, 2.45) is 5.92 Å². The first kappa shape index (κ1) is 11.8. The zero-order valence-electron chi connectivity index (χ0n) is 8.99. The second kappa shape index (κ2) is 4.50. The number of halogens is 1. The zero-order valence-corrected chi connectivity index (χ0v) is 9.75. The van der Waals surface area contributed by atoms with Crippen LogP contribution in [0.25, 0.3) is 0 Å². The average Bonchev–Trinajstić information content (AvgIpc) is 2.17. The Morgan fingerprint density at radius 3 is 2.53 bits per heavy atom. The van der Waals surface area contributed by atoms with Gasteiger partial charge in [-0.25, -0.2) is 0 Å². The third-order valence-corrected chi connectivity index (χ3v) is 2.90. The van der Waals surface area contributed by atoms with Crippen molar-refractivity contribution < 1.29 is 0 Å². The average molecular weight is 225 g/mol. The highest BCUT2D eigenvalue weighted by molar-refractivity contribution is 6.31. The van der Waals surface area contributed by atoms with E-state index >= 15 is 0 Å². The van der Waals surface area contributed by atoms with E-state index in [0.29, 0.717) is 5.92 Å². The van der Waals surface area contributed by atoms with Gasteiger partial charge in [0.15, 0.2) is 0 Å². The SMILES string of the molecule is CC(C)[C@H](C)n1ccc(Cl)c(C#N)c1=O. The molecule has 0 fully saturated rings. The van der Waals surface area contributed by atoms with E-state index in [1.807, 2.05) is 26.8 Å². The van der Waals surface area contributed by atoms with E-state index in [0.717, 1.165) is 0 Å². The largest absolute Gasteiger partial charge is 0.311 e. The van der Waals surface area contributed by atoms with Crippen molar-refractivity contribution >= 4 is 11.6 Å². The Labute approximate surface area is 93.9 Å². The summed E-state index contributed by atoms with van der Waals surface area (Å²) in [5.41, 5.74) is -0.294. The molecule has 15 heavy (non-hydrogen) atoms. The van der Waals surface area contributed by atoms with Crippen LogP contribution in [0.1, 0.15) is 32.4 Å². The predicted molar refractivity (Wildman–Crippen MR) is 60.0 cm³/mol. The zero-order chi connectivity index (χ0) is 11.6. The standard InChI is InChI=1S/C11H13ClN2O/c1-7(2)8(3)14-5-4-10(12)9(6-13)11(14)15/h4-5,7-8H,1-3H3/t8-/m0/s1. The molecule has 0 aliphatic carbocycles. The highest BCUT2D eigenvalue weighted by atomic mass is 35.5. The quantitative estimate of drug-likeness (QED) is 0.775. The molecule has 0 spiro atoms. The summed E-state index contributed by atoms with van der Waals surface area (Å²) < 4.78 is 1.55. The second-order valence-electron chi connectivity index (χ2n) is 3.85. The summed E-state index contributed by atoms with van der Waals surface area (Å²) in [5, 5.41) is 9.01. The third kappa shape index (κ3) is 2.21. The lowest BCUT2D eigenvalue weighted by Gasteiger charge is -2.18. The lowest BCUT2D eigenvalue weighted by molar-refractivity contribution is 0.398. The maximum absolute atomic E-state index is 11.8. The molecule has 3 nitrogen and oxygen atoms in total. The summed E-state index contributed by atoms with van der Waals surface area (Å²) >= 11 is 5.75. The van der Waals surface area contributed by atoms with E-state index in [1.54, 1.807) is 16.8 Å². The van der Waals surface area contributed by atoms with Crippen LogP contribution in [-0.2, 0) is 0 Å². The van der Waals surface area contributed by atoms with Gasteiger partial charge in [-0.3, -0.25) is 4.79 Å². The normalized spacial score (nSPS) is 12.5. The van der Waals surface area contributed by atoms with Gasteiger partial charge in [0, 0.05) is 12.2 Å². The van der Waals surface area contributed by atoms with Gasteiger partial charge in [-0.1, -0.05) is 25.4 Å². The number of pyridine rings is 1. The Balaban J connectivity index is 3.36. The van der Waals surface area contributed by atoms with E-state index in [1.165, 1.54) is 0 Å². The van der Waals surface area contributed by atoms with E-state index in [2.05, 4.69) is 0 Å². The van der Waals surface area contributed by atoms with Crippen LogP contribution < -0.4 is 5.56 Å². The Bertz CT molecular complexity index is 457. The van der Waals surface area contributed by atoms with Crippen molar-refractivity contribution in [1.82, 2.24) is 4.57 Å². The smallest absolute Gasteiger partial charge is 0.270 e. The molecule has 0 bridgehead atoms. The molecular weight excluding hydrogens is 212 g/mol. The number of nitriles is 1. The molecule has 0 amide bonds. The van der Waals surface area contributed by atoms with Crippen molar-refractivity contribution in [3.8, 4) is 6.07 Å². The minimum absolute atomic E-state index is 0.0201. The monoisotopic (exact) mass is 224 g/mol. The van der Waals surface area contributed by atoms with Crippen LogP contribution >= 0.6 is 11.6 Å².